The van der Waals surface area contributed by atoms with Crippen molar-refractivity contribution in [2.75, 3.05) is 32.7 Å². The van der Waals surface area contributed by atoms with Crippen LogP contribution in [0.3, 0.4) is 0 Å². The number of esters is 1. The number of anilines is 1. The Morgan fingerprint density at radius 3 is 2.83 bits per heavy atom. The van der Waals surface area contributed by atoms with Crippen LogP contribution in [-0.2, 0) is 14.9 Å². The van der Waals surface area contributed by atoms with Crippen molar-refractivity contribution in [1.29, 1.82) is 0 Å². The highest BCUT2D eigenvalue weighted by Gasteiger charge is 2.82. The summed E-state index contributed by atoms with van der Waals surface area (Å²) < 4.78 is 10.9. The van der Waals surface area contributed by atoms with Crippen molar-refractivity contribution in [1.82, 2.24) is 4.90 Å². The summed E-state index contributed by atoms with van der Waals surface area (Å²) in [4.78, 5) is 18.2. The number of fused-ring (bicyclic) bond motifs is 2. The van der Waals surface area contributed by atoms with Gasteiger partial charge in [-0.2, -0.15) is 0 Å². The molecule has 5 aliphatic heterocycles. The van der Waals surface area contributed by atoms with E-state index in [9.17, 15) is 9.90 Å². The van der Waals surface area contributed by atoms with Gasteiger partial charge >= 0.3 is 5.97 Å². The molecular weight excluding hydrogens is 368 g/mol. The summed E-state index contributed by atoms with van der Waals surface area (Å²) in [6, 6.07) is 6.66. The molecule has 3 unspecified atom stereocenters. The molecule has 6 aliphatic rings. The van der Waals surface area contributed by atoms with Crippen molar-refractivity contribution >= 4 is 11.7 Å². The number of nitrogens with zero attached hydrogens (tertiary/aromatic N) is 2. The van der Waals surface area contributed by atoms with Crippen molar-refractivity contribution < 1.29 is 19.4 Å². The molecule has 1 spiro atoms. The van der Waals surface area contributed by atoms with Gasteiger partial charge in [-0.25, -0.2) is 0 Å². The van der Waals surface area contributed by atoms with Crippen molar-refractivity contribution in [3.05, 3.63) is 35.4 Å². The second-order valence-corrected chi connectivity index (χ2v) is 9.42. The number of methoxy groups -OCH3 is 2. The molecule has 1 saturated carbocycles. The Hall–Kier alpha value is -2.05. The number of piperidine rings is 4. The monoisotopic (exact) mass is 396 g/mol. The van der Waals surface area contributed by atoms with E-state index in [2.05, 4.69) is 42.0 Å². The molecule has 1 N–H and O–H groups in total. The molecule has 6 heteroatoms. The minimum Gasteiger partial charge on any atom is -0.497 e. The van der Waals surface area contributed by atoms with Crippen molar-refractivity contribution in [2.45, 2.75) is 49.4 Å². The summed E-state index contributed by atoms with van der Waals surface area (Å²) in [5.41, 5.74) is 2.21. The minimum absolute atomic E-state index is 0.0232. The van der Waals surface area contributed by atoms with E-state index in [1.807, 2.05) is 6.07 Å². The van der Waals surface area contributed by atoms with Gasteiger partial charge in [0.15, 0.2) is 0 Å². The van der Waals surface area contributed by atoms with Crippen LogP contribution in [0.2, 0.25) is 0 Å². The molecule has 1 aliphatic carbocycles. The zero-order valence-corrected chi connectivity index (χ0v) is 17.4. The number of likely N-dealkylation sites (N-methyl/N-ethyl adjacent to an activating group) is 1. The fourth-order valence-electron chi connectivity index (χ4n) is 8.12. The van der Waals surface area contributed by atoms with Gasteiger partial charge in [0.25, 0.3) is 0 Å². The Labute approximate surface area is 171 Å². The largest absolute Gasteiger partial charge is 0.497 e. The van der Waals surface area contributed by atoms with E-state index < -0.39 is 16.9 Å². The Morgan fingerprint density at radius 2 is 2.14 bits per heavy atom. The summed E-state index contributed by atoms with van der Waals surface area (Å²) >= 11 is 0. The molecule has 0 amide bonds. The first kappa shape index (κ1) is 17.8. The van der Waals surface area contributed by atoms with Gasteiger partial charge in [-0.3, -0.25) is 9.69 Å². The van der Waals surface area contributed by atoms with Crippen LogP contribution < -0.4 is 9.64 Å². The predicted molar refractivity (Wildman–Crippen MR) is 108 cm³/mol. The summed E-state index contributed by atoms with van der Waals surface area (Å²) in [6.45, 7) is 2.94. The normalized spacial score (nSPS) is 46.8. The maximum absolute atomic E-state index is 13.4. The molecule has 29 heavy (non-hydrogen) atoms. The lowest BCUT2D eigenvalue weighted by molar-refractivity contribution is -0.179. The molecule has 5 heterocycles. The van der Waals surface area contributed by atoms with Gasteiger partial charge in [-0.1, -0.05) is 17.7 Å². The quantitative estimate of drug-likeness (QED) is 0.607. The number of rotatable bonds is 2. The Balaban J connectivity index is 1.64. The average Bonchev–Trinajstić information content (AvgIpc) is 3.13. The summed E-state index contributed by atoms with van der Waals surface area (Å²) in [5.74, 6) is 0.625. The van der Waals surface area contributed by atoms with Crippen LogP contribution in [0, 0.1) is 11.3 Å². The van der Waals surface area contributed by atoms with E-state index in [1.54, 1.807) is 7.11 Å². The Kier molecular flexibility index (Phi) is 3.28. The summed E-state index contributed by atoms with van der Waals surface area (Å²) in [6.07, 6.45) is 3.06. The second-order valence-electron chi connectivity index (χ2n) is 9.42. The molecule has 4 saturated heterocycles. The van der Waals surface area contributed by atoms with E-state index in [0.717, 1.165) is 36.4 Å². The lowest BCUT2D eigenvalue weighted by atomic mass is 9.58. The van der Waals surface area contributed by atoms with E-state index in [0.29, 0.717) is 6.04 Å². The minimum atomic E-state index is -0.886. The highest BCUT2D eigenvalue weighted by Crippen LogP contribution is 2.72. The molecule has 0 aromatic heterocycles. The summed E-state index contributed by atoms with van der Waals surface area (Å²) in [5, 5.41) is 12.1. The smallest absolute Gasteiger partial charge is 0.316 e. The lowest BCUT2D eigenvalue weighted by Gasteiger charge is -2.61. The highest BCUT2D eigenvalue weighted by molar-refractivity contribution is 5.84. The molecule has 154 valence electrons. The molecule has 8 atom stereocenters. The fourth-order valence-corrected chi connectivity index (χ4v) is 8.12. The molecule has 5 fully saturated rings. The van der Waals surface area contributed by atoms with Gasteiger partial charge in [-0.05, 0) is 31.4 Å². The Morgan fingerprint density at radius 1 is 1.34 bits per heavy atom. The SMILES string of the molecule is CC=C1CN2[C@H]3C[C@@]45c6ccc(OC)cc6N(C)[C@@H]4[C@@H]2CC1[C@@]3(C(=O)OC)C5O. The van der Waals surface area contributed by atoms with Crippen LogP contribution >= 0.6 is 0 Å². The topological polar surface area (TPSA) is 62.2 Å². The van der Waals surface area contributed by atoms with Gasteiger partial charge < -0.3 is 19.5 Å². The number of carbonyl (C=O) groups is 1. The third-order valence-corrected chi connectivity index (χ3v) is 9.02. The van der Waals surface area contributed by atoms with Crippen LogP contribution in [0.25, 0.3) is 0 Å². The highest BCUT2D eigenvalue weighted by atomic mass is 16.5. The first-order valence-corrected chi connectivity index (χ1v) is 10.6. The first-order chi connectivity index (χ1) is 14.0. The number of hydrogen-bond acceptors (Lipinski definition) is 6. The molecule has 5 bridgehead atoms. The number of aliphatic hydroxyl groups is 1. The molecule has 0 radical (unpaired) electrons. The van der Waals surface area contributed by atoms with Gasteiger partial charge in [0.1, 0.15) is 11.2 Å². The van der Waals surface area contributed by atoms with Crippen molar-refractivity contribution in [3.8, 4) is 5.75 Å². The zero-order valence-electron chi connectivity index (χ0n) is 17.4. The number of benzene rings is 1. The maximum Gasteiger partial charge on any atom is 0.316 e. The molecule has 7 rings (SSSR count). The average molecular weight is 396 g/mol. The van der Waals surface area contributed by atoms with Crippen molar-refractivity contribution in [3.63, 3.8) is 0 Å². The van der Waals surface area contributed by atoms with E-state index in [1.165, 1.54) is 12.7 Å². The number of allylic oxidation sites excluding steroid dienone is 1. The maximum atomic E-state index is 13.4. The third-order valence-electron chi connectivity index (χ3n) is 9.02. The molecule has 1 aromatic carbocycles. The predicted octanol–water partition coefficient (Wildman–Crippen LogP) is 1.71. The number of hydrogen-bond donors (Lipinski definition) is 1. The van der Waals surface area contributed by atoms with Crippen LogP contribution in [0.4, 0.5) is 5.69 Å². The fraction of sp³-hybridized carbons (Fsp3) is 0.609. The van der Waals surface area contributed by atoms with Crippen LogP contribution in [-0.4, -0.2) is 68.0 Å². The van der Waals surface area contributed by atoms with Crippen LogP contribution in [0.15, 0.2) is 29.8 Å². The van der Waals surface area contributed by atoms with Crippen LogP contribution in [0.1, 0.15) is 25.3 Å². The van der Waals surface area contributed by atoms with Crippen LogP contribution in [0.5, 0.6) is 5.75 Å². The van der Waals surface area contributed by atoms with Gasteiger partial charge in [-0.15, -0.1) is 0 Å². The third kappa shape index (κ3) is 1.62. The molecule has 1 aromatic rings. The van der Waals surface area contributed by atoms with E-state index in [4.69, 9.17) is 9.47 Å². The number of ether oxygens (including phenoxy) is 2. The van der Waals surface area contributed by atoms with Gasteiger partial charge in [0, 0.05) is 48.8 Å². The number of carbonyl (C=O) groups excluding carboxylic acids is 1. The first-order valence-electron chi connectivity index (χ1n) is 10.6. The van der Waals surface area contributed by atoms with E-state index >= 15 is 0 Å². The molecule has 6 nitrogen and oxygen atoms in total. The van der Waals surface area contributed by atoms with Crippen molar-refractivity contribution in [2.24, 2.45) is 11.3 Å². The lowest BCUT2D eigenvalue weighted by Crippen LogP contribution is -2.71. The molecular formula is C23H28N2O4. The zero-order chi connectivity index (χ0) is 20.3. The summed E-state index contributed by atoms with van der Waals surface area (Å²) in [7, 11) is 5.28. The van der Waals surface area contributed by atoms with Gasteiger partial charge in [0.2, 0.25) is 0 Å². The van der Waals surface area contributed by atoms with E-state index in [-0.39, 0.29) is 24.0 Å². The Bertz CT molecular complexity index is 960. The second kappa shape index (κ2) is 5.35. The van der Waals surface area contributed by atoms with Gasteiger partial charge in [0.05, 0.1) is 26.4 Å². The number of aliphatic hydroxyl groups excluding tert-OH is 1. The standard InChI is InChI=1S/C23H28N2O4/c1-5-12-11-25-17-9-15(12)23(21(27)29-4)18(25)10-22(20(23)26)14-7-6-13(28-3)8-16(14)24(2)19(17)22/h5-8,15,17-20,26H,9-11H2,1-4H3/t15?,17-,18-,19+,20?,22+,23-/m0/s1.